The molecule has 1 heterocycles. The number of nitrogens with zero attached hydrogens (tertiary/aromatic N) is 1. The van der Waals surface area contributed by atoms with Crippen LogP contribution in [0, 0.1) is 17.6 Å². The number of halogens is 2. The second-order valence-electron chi connectivity index (χ2n) is 8.72. The maximum absolute atomic E-state index is 13.5. The Morgan fingerprint density at radius 3 is 2.38 bits per heavy atom. The monoisotopic (exact) mass is 462 g/mol. The molecule has 8 heteroatoms. The molecule has 0 radical (unpaired) electrons. The number of hydrogen-bond acceptors (Lipinski definition) is 3. The van der Waals surface area contributed by atoms with E-state index in [0.29, 0.717) is 23.3 Å². The average molecular weight is 463 g/mol. The van der Waals surface area contributed by atoms with Gasteiger partial charge in [-0.05, 0) is 86.4 Å². The van der Waals surface area contributed by atoms with E-state index in [0.717, 1.165) is 43.4 Å². The van der Waals surface area contributed by atoms with E-state index in [9.17, 15) is 22.0 Å². The van der Waals surface area contributed by atoms with Crippen LogP contribution in [0.2, 0.25) is 0 Å². The van der Waals surface area contributed by atoms with E-state index in [-0.39, 0.29) is 24.9 Å². The van der Waals surface area contributed by atoms with Crippen molar-refractivity contribution in [2.75, 3.05) is 13.1 Å². The second kappa shape index (κ2) is 9.27. The lowest BCUT2D eigenvalue weighted by molar-refractivity contribution is -0.126. The topological polar surface area (TPSA) is 66.5 Å². The van der Waals surface area contributed by atoms with Gasteiger partial charge in [0.1, 0.15) is 0 Å². The first-order valence-corrected chi connectivity index (χ1v) is 12.6. The normalized spacial score (nSPS) is 18.7. The van der Waals surface area contributed by atoms with Crippen LogP contribution in [0.4, 0.5) is 8.78 Å². The van der Waals surface area contributed by atoms with Gasteiger partial charge in [0, 0.05) is 19.0 Å². The Hall–Kier alpha value is -2.32. The molecule has 1 fully saturated rings. The number of rotatable bonds is 5. The van der Waals surface area contributed by atoms with Crippen LogP contribution in [0.5, 0.6) is 0 Å². The van der Waals surface area contributed by atoms with Crippen molar-refractivity contribution in [1.29, 1.82) is 0 Å². The quantitative estimate of drug-likeness (QED) is 0.727. The van der Waals surface area contributed by atoms with Crippen LogP contribution in [0.3, 0.4) is 0 Å². The van der Waals surface area contributed by atoms with Crippen LogP contribution in [-0.2, 0) is 27.7 Å². The van der Waals surface area contributed by atoms with Gasteiger partial charge in [-0.15, -0.1) is 0 Å². The van der Waals surface area contributed by atoms with Gasteiger partial charge in [-0.1, -0.05) is 12.1 Å². The zero-order valence-electron chi connectivity index (χ0n) is 18.1. The van der Waals surface area contributed by atoms with Gasteiger partial charge in [0.2, 0.25) is 15.9 Å². The maximum atomic E-state index is 13.5. The highest BCUT2D eigenvalue weighted by Gasteiger charge is 2.33. The highest BCUT2D eigenvalue weighted by molar-refractivity contribution is 7.89. The Morgan fingerprint density at radius 1 is 1.00 bits per heavy atom. The van der Waals surface area contributed by atoms with Crippen molar-refractivity contribution in [2.24, 2.45) is 5.92 Å². The van der Waals surface area contributed by atoms with E-state index < -0.39 is 27.7 Å². The Kier molecular flexibility index (Phi) is 6.62. The number of fused-ring (bicyclic) bond motifs is 1. The SMILES string of the molecule is CC(NC(=O)C1CCN(S(=O)(=O)c2ccc3c(c2)CCCC3)CC1)c1ccc(F)c(F)c1. The number of aryl methyl sites for hydroxylation is 2. The molecule has 0 saturated carbocycles. The predicted octanol–water partition coefficient (Wildman–Crippen LogP) is 4.12. The lowest BCUT2D eigenvalue weighted by Crippen LogP contribution is -2.43. The number of carbonyl (C=O) groups is 1. The summed E-state index contributed by atoms with van der Waals surface area (Å²) >= 11 is 0. The third-order valence-electron chi connectivity index (χ3n) is 6.58. The third-order valence-corrected chi connectivity index (χ3v) is 8.48. The molecule has 1 N–H and O–H groups in total. The van der Waals surface area contributed by atoms with Crippen LogP contribution in [0.25, 0.3) is 0 Å². The molecule has 4 rings (SSSR count). The fourth-order valence-electron chi connectivity index (χ4n) is 4.57. The molecule has 1 amide bonds. The van der Waals surface area contributed by atoms with Gasteiger partial charge in [0.25, 0.3) is 0 Å². The lowest BCUT2D eigenvalue weighted by atomic mass is 9.92. The number of sulfonamides is 1. The molecular weight excluding hydrogens is 434 g/mol. The molecule has 0 bridgehead atoms. The first kappa shape index (κ1) is 22.9. The van der Waals surface area contributed by atoms with Crippen molar-refractivity contribution in [1.82, 2.24) is 9.62 Å². The van der Waals surface area contributed by atoms with Gasteiger partial charge < -0.3 is 5.32 Å². The summed E-state index contributed by atoms with van der Waals surface area (Å²) in [7, 11) is -3.60. The zero-order valence-corrected chi connectivity index (χ0v) is 18.9. The summed E-state index contributed by atoms with van der Waals surface area (Å²) in [4.78, 5) is 13.0. The summed E-state index contributed by atoms with van der Waals surface area (Å²) < 4.78 is 54.3. The molecular formula is C24H28F2N2O3S. The molecule has 0 aromatic heterocycles. The number of hydrogen-bond donors (Lipinski definition) is 1. The molecule has 172 valence electrons. The minimum Gasteiger partial charge on any atom is -0.349 e. The summed E-state index contributed by atoms with van der Waals surface area (Å²) in [6.07, 6.45) is 4.97. The fourth-order valence-corrected chi connectivity index (χ4v) is 6.09. The summed E-state index contributed by atoms with van der Waals surface area (Å²) in [6, 6.07) is 8.52. The molecule has 1 atom stereocenters. The molecule has 1 aliphatic heterocycles. The van der Waals surface area contributed by atoms with Gasteiger partial charge in [-0.2, -0.15) is 4.31 Å². The molecule has 2 aromatic rings. The zero-order chi connectivity index (χ0) is 22.9. The standard InChI is InChI=1S/C24H28F2N2O3S/c1-16(19-7-9-22(25)23(26)15-19)27-24(29)18-10-12-28(13-11-18)32(30,31)21-8-6-17-4-2-3-5-20(17)14-21/h6-9,14-16,18H,2-5,10-13H2,1H3,(H,27,29). The van der Waals surface area contributed by atoms with Gasteiger partial charge in [-0.25, -0.2) is 17.2 Å². The van der Waals surface area contributed by atoms with E-state index in [4.69, 9.17) is 0 Å². The Morgan fingerprint density at radius 2 is 1.69 bits per heavy atom. The Balaban J connectivity index is 1.37. The van der Waals surface area contributed by atoms with E-state index in [1.165, 1.54) is 15.9 Å². The highest BCUT2D eigenvalue weighted by atomic mass is 32.2. The molecule has 1 unspecified atom stereocenters. The van der Waals surface area contributed by atoms with Crippen molar-refractivity contribution in [2.45, 2.75) is 56.4 Å². The number of amides is 1. The number of nitrogens with one attached hydrogen (secondary N) is 1. The van der Waals surface area contributed by atoms with Crippen LogP contribution in [0.15, 0.2) is 41.3 Å². The molecule has 1 aliphatic carbocycles. The molecule has 5 nitrogen and oxygen atoms in total. The second-order valence-corrected chi connectivity index (χ2v) is 10.7. The van der Waals surface area contributed by atoms with Crippen molar-refractivity contribution in [3.63, 3.8) is 0 Å². The summed E-state index contributed by atoms with van der Waals surface area (Å²) in [5.41, 5.74) is 2.84. The summed E-state index contributed by atoms with van der Waals surface area (Å²) in [5.74, 6) is -2.41. The molecule has 2 aliphatic rings. The minimum atomic E-state index is -3.60. The van der Waals surface area contributed by atoms with Crippen LogP contribution in [-0.4, -0.2) is 31.7 Å². The molecule has 0 spiro atoms. The number of carbonyl (C=O) groups excluding carboxylic acids is 1. The van der Waals surface area contributed by atoms with Crippen molar-refractivity contribution >= 4 is 15.9 Å². The summed E-state index contributed by atoms with van der Waals surface area (Å²) in [5, 5.41) is 2.84. The van der Waals surface area contributed by atoms with E-state index in [1.807, 2.05) is 12.1 Å². The third kappa shape index (κ3) is 4.71. The van der Waals surface area contributed by atoms with E-state index in [2.05, 4.69) is 5.32 Å². The largest absolute Gasteiger partial charge is 0.349 e. The first-order valence-electron chi connectivity index (χ1n) is 11.1. The van der Waals surface area contributed by atoms with Gasteiger partial charge >= 0.3 is 0 Å². The first-order chi connectivity index (χ1) is 15.3. The molecule has 32 heavy (non-hydrogen) atoms. The van der Waals surface area contributed by atoms with Crippen molar-refractivity contribution in [3.8, 4) is 0 Å². The highest BCUT2D eigenvalue weighted by Crippen LogP contribution is 2.28. The van der Waals surface area contributed by atoms with Crippen molar-refractivity contribution in [3.05, 3.63) is 64.7 Å². The van der Waals surface area contributed by atoms with E-state index >= 15 is 0 Å². The Bertz CT molecular complexity index is 1110. The van der Waals surface area contributed by atoms with Crippen LogP contribution < -0.4 is 5.32 Å². The lowest BCUT2D eigenvalue weighted by Gasteiger charge is -2.31. The van der Waals surface area contributed by atoms with Crippen LogP contribution >= 0.6 is 0 Å². The number of benzene rings is 2. The number of piperidine rings is 1. The predicted molar refractivity (Wildman–Crippen MR) is 117 cm³/mol. The minimum absolute atomic E-state index is 0.201. The van der Waals surface area contributed by atoms with Crippen molar-refractivity contribution < 1.29 is 22.0 Å². The Labute approximate surface area is 187 Å². The smallest absolute Gasteiger partial charge is 0.243 e. The van der Waals surface area contributed by atoms with E-state index in [1.54, 1.807) is 13.0 Å². The molecule has 2 aromatic carbocycles. The van der Waals surface area contributed by atoms with Gasteiger partial charge in [0.05, 0.1) is 10.9 Å². The van der Waals surface area contributed by atoms with Crippen LogP contribution in [0.1, 0.15) is 55.3 Å². The average Bonchev–Trinajstić information content (AvgIpc) is 2.80. The maximum Gasteiger partial charge on any atom is 0.243 e. The van der Waals surface area contributed by atoms with Gasteiger partial charge in [-0.3, -0.25) is 4.79 Å². The molecule has 1 saturated heterocycles. The summed E-state index contributed by atoms with van der Waals surface area (Å²) in [6.45, 7) is 2.26. The fraction of sp³-hybridized carbons (Fsp3) is 0.458. The van der Waals surface area contributed by atoms with Gasteiger partial charge in [0.15, 0.2) is 11.6 Å².